The van der Waals surface area contributed by atoms with E-state index in [4.69, 9.17) is 4.74 Å². The van der Waals surface area contributed by atoms with E-state index in [2.05, 4.69) is 119 Å². The summed E-state index contributed by atoms with van der Waals surface area (Å²) in [5.74, 6) is 0. The van der Waals surface area contributed by atoms with Crippen molar-refractivity contribution < 1.29 is 13.2 Å². The lowest BCUT2D eigenvalue weighted by atomic mass is 10.1. The first-order valence-electron chi connectivity index (χ1n) is 15.3. The number of rotatable bonds is 4. The van der Waals surface area contributed by atoms with E-state index in [1.807, 2.05) is 52.1 Å². The van der Waals surface area contributed by atoms with Gasteiger partial charge in [-0.25, -0.2) is 13.1 Å². The predicted octanol–water partition coefficient (Wildman–Crippen LogP) is 8.24. The Labute approximate surface area is 273 Å². The first-order chi connectivity index (χ1) is 19.5. The minimum absolute atomic E-state index is 0.0417. The van der Waals surface area contributed by atoms with Crippen LogP contribution in [0.3, 0.4) is 0 Å². The molecule has 0 amide bonds. The van der Waals surface area contributed by atoms with Gasteiger partial charge in [-0.05, 0) is 129 Å². The summed E-state index contributed by atoms with van der Waals surface area (Å²) in [5, 5.41) is 9.92. The highest BCUT2D eigenvalue weighted by Gasteiger charge is 2.14. The van der Waals surface area contributed by atoms with E-state index >= 15 is 0 Å². The lowest BCUT2D eigenvalue weighted by Crippen LogP contribution is -2.39. The van der Waals surface area contributed by atoms with Gasteiger partial charge in [-0.3, -0.25) is 0 Å². The van der Waals surface area contributed by atoms with E-state index in [1.54, 1.807) is 27.9 Å². The maximum atomic E-state index is 10.5. The Morgan fingerprint density at radius 2 is 0.977 bits per heavy atom. The third kappa shape index (κ3) is 44.5. The molecule has 258 valence electrons. The molecule has 0 fully saturated rings. The Bertz CT molecular complexity index is 1040. The molecule has 0 heterocycles. The second-order valence-electron chi connectivity index (χ2n) is 15.8. The zero-order chi connectivity index (χ0) is 35.5. The lowest BCUT2D eigenvalue weighted by Gasteiger charge is -2.21. The molecule has 4 N–H and O–H groups in total. The van der Waals surface area contributed by atoms with Crippen LogP contribution in [-0.4, -0.2) is 56.6 Å². The molecular formula is C36H70N4O3S. The van der Waals surface area contributed by atoms with Gasteiger partial charge < -0.3 is 20.7 Å². The van der Waals surface area contributed by atoms with Crippen molar-refractivity contribution in [2.75, 3.05) is 25.7 Å². The molecular weight excluding hydrogens is 568 g/mol. The Kier molecular flexibility index (Phi) is 22.1. The minimum atomic E-state index is -3.03. The Morgan fingerprint density at radius 1 is 0.614 bits per heavy atom. The molecule has 0 atom stereocenters. The first-order valence-corrected chi connectivity index (χ1v) is 17.2. The molecule has 2 rings (SSSR count). The number of methoxy groups -OCH3 is 1. The fourth-order valence-corrected chi connectivity index (χ4v) is 3.59. The van der Waals surface area contributed by atoms with Crippen molar-refractivity contribution in [3.63, 3.8) is 0 Å². The van der Waals surface area contributed by atoms with Gasteiger partial charge in [0.1, 0.15) is 0 Å². The third-order valence-electron chi connectivity index (χ3n) is 4.81. The summed E-state index contributed by atoms with van der Waals surface area (Å²) in [6.45, 7) is 31.8. The van der Waals surface area contributed by atoms with Gasteiger partial charge in [0.15, 0.2) is 0 Å². The molecule has 0 unspecified atom stereocenters. The van der Waals surface area contributed by atoms with Gasteiger partial charge in [0.25, 0.3) is 0 Å². The summed E-state index contributed by atoms with van der Waals surface area (Å²) in [6, 6.07) is 20.7. The minimum Gasteiger partial charge on any atom is -0.380 e. The van der Waals surface area contributed by atoms with Crippen LogP contribution >= 0.6 is 0 Å². The highest BCUT2D eigenvalue weighted by molar-refractivity contribution is 7.88. The van der Waals surface area contributed by atoms with E-state index < -0.39 is 10.0 Å². The number of anilines is 1. The van der Waals surface area contributed by atoms with Crippen LogP contribution in [0.1, 0.15) is 109 Å². The van der Waals surface area contributed by atoms with E-state index in [0.29, 0.717) is 5.54 Å². The van der Waals surface area contributed by atoms with Gasteiger partial charge >= 0.3 is 0 Å². The summed E-state index contributed by atoms with van der Waals surface area (Å²) >= 11 is 0. The van der Waals surface area contributed by atoms with Gasteiger partial charge in [0, 0.05) is 41.5 Å². The van der Waals surface area contributed by atoms with Crippen LogP contribution in [0.15, 0.2) is 60.7 Å². The summed E-state index contributed by atoms with van der Waals surface area (Å²) in [7, 11) is 0.635. The van der Waals surface area contributed by atoms with Gasteiger partial charge in [0.2, 0.25) is 10.0 Å². The van der Waals surface area contributed by atoms with Gasteiger partial charge in [0.05, 0.1) is 11.9 Å². The van der Waals surface area contributed by atoms with Crippen LogP contribution in [0.25, 0.3) is 0 Å². The summed E-state index contributed by atoms with van der Waals surface area (Å²) in [4.78, 5) is 0. The van der Waals surface area contributed by atoms with Gasteiger partial charge in [-0.15, -0.1) is 0 Å². The predicted molar refractivity (Wildman–Crippen MR) is 196 cm³/mol. The van der Waals surface area contributed by atoms with E-state index in [1.165, 1.54) is 11.3 Å². The molecule has 0 spiro atoms. The molecule has 0 saturated heterocycles. The monoisotopic (exact) mass is 639 g/mol. The van der Waals surface area contributed by atoms with E-state index in [0.717, 1.165) is 12.8 Å². The zero-order valence-electron chi connectivity index (χ0n) is 31.6. The SMILES string of the molecule is CC(C)(C)NCc1ccccc1.CC(C)(C)NS(C)(=O)=O.CC(C)(C)Nc1ccccc1.CNC(C)(C)C.COC(C)(C)C. The first kappa shape index (κ1) is 46.4. The Morgan fingerprint density at radius 3 is 1.20 bits per heavy atom. The Hall–Kier alpha value is -1.97. The van der Waals surface area contributed by atoms with Gasteiger partial charge in [-0.1, -0.05) is 48.5 Å². The average Bonchev–Trinajstić information content (AvgIpc) is 2.81. The largest absolute Gasteiger partial charge is 0.380 e. The van der Waals surface area contributed by atoms with Crippen LogP contribution in [0, 0.1) is 0 Å². The second-order valence-corrected chi connectivity index (χ2v) is 17.5. The van der Waals surface area contributed by atoms with Crippen molar-refractivity contribution in [3.05, 3.63) is 66.2 Å². The van der Waals surface area contributed by atoms with Crippen molar-refractivity contribution in [3.8, 4) is 0 Å². The zero-order valence-corrected chi connectivity index (χ0v) is 32.4. The molecule has 8 heteroatoms. The van der Waals surface area contributed by atoms with Crippen LogP contribution in [0.5, 0.6) is 0 Å². The standard InChI is InChI=1S/C11H17N.C10H15N.C5H13NO2S.C5H13N.C5H12O/c1-11(2,3)12-9-10-7-5-4-6-8-10;1-10(2,3)11-9-7-5-4-6-8-9;1-5(2,3)6-9(4,7)8;2*1-5(2,3)6-4/h4-8,12H,9H2,1-3H3;4-8,11H,1-3H3;6H,1-4H3;6H,1-4H3;1-4H3. The molecule has 0 bridgehead atoms. The fourth-order valence-electron chi connectivity index (χ4n) is 2.47. The molecule has 44 heavy (non-hydrogen) atoms. The summed E-state index contributed by atoms with van der Waals surface area (Å²) < 4.78 is 28.4. The number of sulfonamides is 1. The number of ether oxygens (including phenoxy) is 1. The van der Waals surface area contributed by atoms with Crippen LogP contribution < -0.4 is 20.7 Å². The molecule has 7 nitrogen and oxygen atoms in total. The molecule has 0 aliphatic heterocycles. The maximum absolute atomic E-state index is 10.5. The third-order valence-corrected chi connectivity index (χ3v) is 5.80. The molecule has 0 aliphatic rings. The van der Waals surface area contributed by atoms with E-state index in [-0.39, 0.29) is 22.2 Å². The molecule has 2 aromatic carbocycles. The van der Waals surface area contributed by atoms with E-state index in [9.17, 15) is 8.42 Å². The van der Waals surface area contributed by atoms with Gasteiger partial charge in [-0.2, -0.15) is 0 Å². The van der Waals surface area contributed by atoms with Crippen molar-refractivity contribution in [2.45, 2.75) is 138 Å². The highest BCUT2D eigenvalue weighted by Crippen LogP contribution is 2.12. The molecule has 0 aromatic heterocycles. The molecule has 2 aromatic rings. The second kappa shape index (κ2) is 20.9. The smallest absolute Gasteiger partial charge is 0.209 e. The maximum Gasteiger partial charge on any atom is 0.209 e. The summed E-state index contributed by atoms with van der Waals surface area (Å²) in [6.07, 6.45) is 1.15. The number of para-hydroxylation sites is 1. The number of benzene rings is 2. The fraction of sp³-hybridized carbons (Fsp3) is 0.667. The Balaban J connectivity index is -0.000000492. The molecule has 0 radical (unpaired) electrons. The average molecular weight is 639 g/mol. The topological polar surface area (TPSA) is 91.5 Å². The van der Waals surface area contributed by atoms with Crippen LogP contribution in [0.2, 0.25) is 0 Å². The van der Waals surface area contributed by atoms with Crippen molar-refractivity contribution in [1.29, 1.82) is 0 Å². The molecule has 0 saturated carbocycles. The summed E-state index contributed by atoms with van der Waals surface area (Å²) in [5.41, 5.74) is 2.86. The quantitative estimate of drug-likeness (QED) is 0.270. The van der Waals surface area contributed by atoms with Crippen LogP contribution in [0.4, 0.5) is 5.69 Å². The normalized spacial score (nSPS) is 12.0. The highest BCUT2D eigenvalue weighted by atomic mass is 32.2. The number of nitrogens with one attached hydrogen (secondary N) is 4. The van der Waals surface area contributed by atoms with Crippen molar-refractivity contribution in [1.82, 2.24) is 15.4 Å². The number of hydrogen-bond donors (Lipinski definition) is 4. The molecule has 0 aliphatic carbocycles. The van der Waals surface area contributed by atoms with Crippen LogP contribution in [-0.2, 0) is 21.3 Å². The van der Waals surface area contributed by atoms with Crippen molar-refractivity contribution in [2.24, 2.45) is 0 Å². The number of hydrogen-bond acceptors (Lipinski definition) is 6. The van der Waals surface area contributed by atoms with Crippen molar-refractivity contribution >= 4 is 15.7 Å². The lowest BCUT2D eigenvalue weighted by molar-refractivity contribution is 0.0397.